The van der Waals surface area contributed by atoms with Crippen LogP contribution in [0.1, 0.15) is 32.1 Å². The lowest BCUT2D eigenvalue weighted by atomic mass is 9.75. The second-order valence-corrected chi connectivity index (χ2v) is 6.64. The summed E-state index contributed by atoms with van der Waals surface area (Å²) in [6, 6.07) is 0.390. The second kappa shape index (κ2) is 6.26. The molecule has 0 radical (unpaired) electrons. The molecule has 1 amide bonds. The zero-order valence-electron chi connectivity index (χ0n) is 11.2. The minimum Gasteiger partial charge on any atom is -0.383 e. The highest BCUT2D eigenvalue weighted by atomic mass is 32.2. The molecular weight excluding hydrogens is 248 g/mol. The van der Waals surface area contributed by atoms with Gasteiger partial charge in [0.15, 0.2) is 0 Å². The van der Waals surface area contributed by atoms with Crippen LogP contribution in [0.3, 0.4) is 0 Å². The highest BCUT2D eigenvalue weighted by molar-refractivity contribution is 7.99. The van der Waals surface area contributed by atoms with Crippen molar-refractivity contribution >= 4 is 17.7 Å². The Morgan fingerprint density at radius 1 is 1.56 bits per heavy atom. The summed E-state index contributed by atoms with van der Waals surface area (Å²) in [5, 5.41) is 0. The maximum atomic E-state index is 12.4. The summed E-state index contributed by atoms with van der Waals surface area (Å²) in [7, 11) is 1.68. The van der Waals surface area contributed by atoms with Gasteiger partial charge in [-0.3, -0.25) is 4.79 Å². The Balaban J connectivity index is 1.91. The summed E-state index contributed by atoms with van der Waals surface area (Å²) in [6.45, 7) is 1.32. The topological polar surface area (TPSA) is 55.6 Å². The molecule has 0 aromatic heterocycles. The van der Waals surface area contributed by atoms with Gasteiger partial charge < -0.3 is 15.4 Å². The van der Waals surface area contributed by atoms with Crippen LogP contribution in [0.2, 0.25) is 0 Å². The Hall–Kier alpha value is -0.260. The van der Waals surface area contributed by atoms with E-state index in [1.54, 1.807) is 7.11 Å². The molecule has 2 fully saturated rings. The number of nitrogens with two attached hydrogens (primary N) is 1. The molecule has 0 bridgehead atoms. The third-order valence-electron chi connectivity index (χ3n) is 4.06. The van der Waals surface area contributed by atoms with E-state index in [2.05, 4.69) is 0 Å². The molecule has 0 aromatic carbocycles. The van der Waals surface area contributed by atoms with Gasteiger partial charge in [-0.25, -0.2) is 0 Å². The SMILES string of the molecule is COCCN(C(=O)CC1(N)CCC1)C1CCSC1. The number of ether oxygens (including phenoxy) is 1. The average molecular weight is 272 g/mol. The van der Waals surface area contributed by atoms with Crippen LogP contribution in [-0.2, 0) is 9.53 Å². The highest BCUT2D eigenvalue weighted by Gasteiger charge is 2.37. The van der Waals surface area contributed by atoms with Crippen molar-refractivity contribution in [3.05, 3.63) is 0 Å². The normalized spacial score (nSPS) is 25.8. The Morgan fingerprint density at radius 2 is 2.33 bits per heavy atom. The summed E-state index contributed by atoms with van der Waals surface area (Å²) < 4.78 is 5.12. The quantitative estimate of drug-likeness (QED) is 0.790. The summed E-state index contributed by atoms with van der Waals surface area (Å²) in [4.78, 5) is 14.4. The summed E-state index contributed by atoms with van der Waals surface area (Å²) in [5.74, 6) is 2.45. The smallest absolute Gasteiger partial charge is 0.224 e. The first kappa shape index (κ1) is 14.2. The van der Waals surface area contributed by atoms with Gasteiger partial charge >= 0.3 is 0 Å². The van der Waals surface area contributed by atoms with E-state index in [0.29, 0.717) is 25.6 Å². The van der Waals surface area contributed by atoms with Crippen molar-refractivity contribution < 1.29 is 9.53 Å². The minimum absolute atomic E-state index is 0.214. The fraction of sp³-hybridized carbons (Fsp3) is 0.923. The van der Waals surface area contributed by atoms with E-state index >= 15 is 0 Å². The van der Waals surface area contributed by atoms with Gasteiger partial charge in [0.2, 0.25) is 5.91 Å². The molecule has 5 heteroatoms. The molecule has 4 nitrogen and oxygen atoms in total. The molecule has 104 valence electrons. The lowest BCUT2D eigenvalue weighted by Gasteiger charge is -2.40. The van der Waals surface area contributed by atoms with Crippen LogP contribution in [0.15, 0.2) is 0 Å². The number of rotatable bonds is 6. The van der Waals surface area contributed by atoms with Gasteiger partial charge in [0, 0.05) is 37.4 Å². The number of thioether (sulfide) groups is 1. The van der Waals surface area contributed by atoms with Crippen LogP contribution >= 0.6 is 11.8 Å². The molecule has 2 aliphatic rings. The van der Waals surface area contributed by atoms with Crippen molar-refractivity contribution in [2.75, 3.05) is 31.8 Å². The Morgan fingerprint density at radius 3 is 2.83 bits per heavy atom. The first-order valence-electron chi connectivity index (χ1n) is 6.80. The monoisotopic (exact) mass is 272 g/mol. The van der Waals surface area contributed by atoms with Crippen molar-refractivity contribution in [2.24, 2.45) is 5.73 Å². The molecule has 0 spiro atoms. The predicted octanol–water partition coefficient (Wildman–Crippen LogP) is 1.24. The molecular formula is C13H24N2O2S. The van der Waals surface area contributed by atoms with E-state index < -0.39 is 0 Å². The molecule has 0 aromatic rings. The fourth-order valence-corrected chi connectivity index (χ4v) is 3.90. The molecule has 1 unspecified atom stereocenters. The van der Waals surface area contributed by atoms with E-state index in [1.807, 2.05) is 16.7 Å². The summed E-state index contributed by atoms with van der Waals surface area (Å²) in [6.07, 6.45) is 4.78. The third kappa shape index (κ3) is 3.39. The maximum absolute atomic E-state index is 12.4. The number of carbonyl (C=O) groups is 1. The van der Waals surface area contributed by atoms with Gasteiger partial charge in [0.05, 0.1) is 6.61 Å². The third-order valence-corrected chi connectivity index (χ3v) is 5.20. The lowest BCUT2D eigenvalue weighted by Crippen LogP contribution is -2.52. The van der Waals surface area contributed by atoms with Crippen LogP contribution in [0.4, 0.5) is 0 Å². The number of hydrogen-bond donors (Lipinski definition) is 1. The van der Waals surface area contributed by atoms with Gasteiger partial charge in [0.1, 0.15) is 0 Å². The Bertz CT molecular complexity index is 289. The summed E-state index contributed by atoms with van der Waals surface area (Å²) >= 11 is 1.93. The highest BCUT2D eigenvalue weighted by Crippen LogP contribution is 2.33. The molecule has 2 N–H and O–H groups in total. The van der Waals surface area contributed by atoms with Crippen LogP contribution in [0, 0.1) is 0 Å². The van der Waals surface area contributed by atoms with Gasteiger partial charge in [-0.15, -0.1) is 0 Å². The van der Waals surface area contributed by atoms with E-state index in [1.165, 1.54) is 6.42 Å². The molecule has 2 rings (SSSR count). The molecule has 1 atom stereocenters. The van der Waals surface area contributed by atoms with Gasteiger partial charge in [-0.2, -0.15) is 11.8 Å². The number of hydrogen-bond acceptors (Lipinski definition) is 4. The van der Waals surface area contributed by atoms with Crippen molar-refractivity contribution in [3.63, 3.8) is 0 Å². The standard InChI is InChI=1S/C13H24N2O2S/c1-17-7-6-15(11-3-8-18-10-11)12(16)9-13(14)4-2-5-13/h11H,2-10,14H2,1H3. The number of carbonyl (C=O) groups excluding carboxylic acids is 1. The van der Waals surface area contributed by atoms with Crippen molar-refractivity contribution in [1.82, 2.24) is 4.90 Å². The average Bonchev–Trinajstić information content (AvgIpc) is 2.81. The van der Waals surface area contributed by atoms with Gasteiger partial charge in [0.25, 0.3) is 0 Å². The Labute approximate surface area is 114 Å². The van der Waals surface area contributed by atoms with E-state index in [0.717, 1.165) is 30.8 Å². The van der Waals surface area contributed by atoms with E-state index in [4.69, 9.17) is 10.5 Å². The van der Waals surface area contributed by atoms with Crippen LogP contribution < -0.4 is 5.73 Å². The van der Waals surface area contributed by atoms with Crippen LogP contribution in [-0.4, -0.2) is 54.2 Å². The van der Waals surface area contributed by atoms with Crippen molar-refractivity contribution in [2.45, 2.75) is 43.7 Å². The van der Waals surface area contributed by atoms with Gasteiger partial charge in [-0.1, -0.05) is 0 Å². The molecule has 18 heavy (non-hydrogen) atoms. The number of nitrogens with zero attached hydrogens (tertiary/aromatic N) is 1. The first-order valence-corrected chi connectivity index (χ1v) is 7.95. The molecule has 1 saturated heterocycles. The lowest BCUT2D eigenvalue weighted by molar-refractivity contribution is -0.135. The predicted molar refractivity (Wildman–Crippen MR) is 74.7 cm³/mol. The molecule has 1 heterocycles. The minimum atomic E-state index is -0.214. The second-order valence-electron chi connectivity index (χ2n) is 5.49. The summed E-state index contributed by atoms with van der Waals surface area (Å²) in [5.41, 5.74) is 5.97. The number of methoxy groups -OCH3 is 1. The zero-order chi connectivity index (χ0) is 13.0. The van der Waals surface area contributed by atoms with E-state index in [9.17, 15) is 4.79 Å². The van der Waals surface area contributed by atoms with Crippen molar-refractivity contribution in [1.29, 1.82) is 0 Å². The molecule has 1 aliphatic heterocycles. The largest absolute Gasteiger partial charge is 0.383 e. The van der Waals surface area contributed by atoms with Crippen molar-refractivity contribution in [3.8, 4) is 0 Å². The molecule has 1 aliphatic carbocycles. The number of amides is 1. The van der Waals surface area contributed by atoms with E-state index in [-0.39, 0.29) is 11.4 Å². The van der Waals surface area contributed by atoms with Crippen LogP contribution in [0.5, 0.6) is 0 Å². The Kier molecular flexibility index (Phi) is 4.92. The molecule has 1 saturated carbocycles. The van der Waals surface area contributed by atoms with Crippen LogP contribution in [0.25, 0.3) is 0 Å². The first-order chi connectivity index (χ1) is 8.64. The van der Waals surface area contributed by atoms with Gasteiger partial charge in [-0.05, 0) is 31.4 Å². The zero-order valence-corrected chi connectivity index (χ0v) is 12.0. The fourth-order valence-electron chi connectivity index (χ4n) is 2.68. The maximum Gasteiger partial charge on any atom is 0.224 e.